The Morgan fingerprint density at radius 1 is 1.17 bits per heavy atom. The predicted octanol–water partition coefficient (Wildman–Crippen LogP) is 3.48. The summed E-state index contributed by atoms with van der Waals surface area (Å²) in [5.41, 5.74) is 2.11. The Morgan fingerprint density at radius 3 is 2.74 bits per heavy atom. The lowest BCUT2D eigenvalue weighted by Gasteiger charge is -1.98. The molecule has 0 aliphatic rings. The number of nitrogens with one attached hydrogen (secondary N) is 1. The van der Waals surface area contributed by atoms with Crippen LogP contribution in [0.1, 0.15) is 15.2 Å². The molecule has 1 N–H and O–H groups in total. The summed E-state index contributed by atoms with van der Waals surface area (Å²) in [6, 6.07) is 11.6. The first-order valence-electron chi connectivity index (χ1n) is 6.85. The summed E-state index contributed by atoms with van der Waals surface area (Å²) in [4.78, 5) is 13.4. The molecule has 8 heteroatoms. The highest BCUT2D eigenvalue weighted by Gasteiger charge is 2.15. The highest BCUT2D eigenvalue weighted by atomic mass is 32.1. The van der Waals surface area contributed by atoms with Crippen LogP contribution in [0.2, 0.25) is 0 Å². The van der Waals surface area contributed by atoms with Crippen molar-refractivity contribution >= 4 is 38.7 Å². The van der Waals surface area contributed by atoms with E-state index in [1.54, 1.807) is 10.6 Å². The van der Waals surface area contributed by atoms with E-state index in [2.05, 4.69) is 20.6 Å². The third kappa shape index (κ3) is 2.62. The summed E-state index contributed by atoms with van der Waals surface area (Å²) in [6.07, 6.45) is 0. The lowest BCUT2D eigenvalue weighted by atomic mass is 10.1. The van der Waals surface area contributed by atoms with Gasteiger partial charge in [0.1, 0.15) is 0 Å². The highest BCUT2D eigenvalue weighted by molar-refractivity contribution is 7.20. The average Bonchev–Trinajstić information content (AvgIpc) is 3.24. The predicted molar refractivity (Wildman–Crippen MR) is 91.1 cm³/mol. The van der Waals surface area contributed by atoms with Crippen molar-refractivity contribution in [2.24, 2.45) is 0 Å². The summed E-state index contributed by atoms with van der Waals surface area (Å²) in [7, 11) is 0. The molecule has 6 nitrogen and oxygen atoms in total. The second-order valence-electron chi connectivity index (χ2n) is 4.92. The lowest BCUT2D eigenvalue weighted by molar-refractivity contribution is 0.103. The van der Waals surface area contributed by atoms with Crippen LogP contribution < -0.4 is 5.32 Å². The molecule has 0 saturated carbocycles. The minimum absolute atomic E-state index is 0.165. The zero-order valence-electron chi connectivity index (χ0n) is 12.1. The molecule has 3 heterocycles. The van der Waals surface area contributed by atoms with Crippen LogP contribution in [0.4, 0.5) is 5.13 Å². The minimum atomic E-state index is -0.165. The smallest absolute Gasteiger partial charge is 0.267 e. The van der Waals surface area contributed by atoms with Gasteiger partial charge in [0.05, 0.1) is 4.88 Å². The van der Waals surface area contributed by atoms with Crippen molar-refractivity contribution in [3.8, 4) is 11.4 Å². The fraction of sp³-hybridized carbons (Fsp3) is 0.0667. The fourth-order valence-corrected chi connectivity index (χ4v) is 3.47. The van der Waals surface area contributed by atoms with E-state index in [9.17, 15) is 4.79 Å². The standard InChI is InChI=1S/C15H11N5OS2/c1-9-4-6-10(7-5-9)12-17-18-15-20(12)19-14(23-15)16-13(21)11-3-2-8-22-11/h2-8H,1H3,(H,16,19,21). The van der Waals surface area contributed by atoms with E-state index in [-0.39, 0.29) is 5.91 Å². The Hall–Kier alpha value is -2.58. The van der Waals surface area contributed by atoms with Gasteiger partial charge in [0, 0.05) is 5.56 Å². The zero-order chi connectivity index (χ0) is 15.8. The second kappa shape index (κ2) is 5.56. The largest absolute Gasteiger partial charge is 0.296 e. The lowest BCUT2D eigenvalue weighted by Crippen LogP contribution is -2.10. The molecule has 0 saturated heterocycles. The van der Waals surface area contributed by atoms with Gasteiger partial charge in [0.15, 0.2) is 5.82 Å². The third-order valence-corrected chi connectivity index (χ3v) is 4.95. The maximum absolute atomic E-state index is 12.1. The quantitative estimate of drug-likeness (QED) is 0.619. The number of carbonyl (C=O) groups excluding carboxylic acids is 1. The summed E-state index contributed by atoms with van der Waals surface area (Å²) in [5.74, 6) is 0.495. The van der Waals surface area contributed by atoms with Gasteiger partial charge < -0.3 is 0 Å². The molecular formula is C15H11N5OS2. The van der Waals surface area contributed by atoms with E-state index < -0.39 is 0 Å². The van der Waals surface area contributed by atoms with Gasteiger partial charge in [-0.1, -0.05) is 47.2 Å². The molecule has 0 fully saturated rings. The molecule has 23 heavy (non-hydrogen) atoms. The van der Waals surface area contributed by atoms with Crippen LogP contribution in [0.15, 0.2) is 41.8 Å². The van der Waals surface area contributed by atoms with E-state index >= 15 is 0 Å². The average molecular weight is 341 g/mol. The fourth-order valence-electron chi connectivity index (χ4n) is 2.12. The first-order valence-corrected chi connectivity index (χ1v) is 8.54. The first kappa shape index (κ1) is 14.0. The summed E-state index contributed by atoms with van der Waals surface area (Å²) < 4.78 is 1.65. The van der Waals surface area contributed by atoms with Gasteiger partial charge in [0.2, 0.25) is 10.1 Å². The normalized spacial score (nSPS) is 11.0. The summed E-state index contributed by atoms with van der Waals surface area (Å²) in [5, 5.41) is 17.9. The van der Waals surface area contributed by atoms with Crippen molar-refractivity contribution in [3.63, 3.8) is 0 Å². The number of fused-ring (bicyclic) bond motifs is 1. The number of aromatic nitrogens is 4. The molecule has 4 aromatic rings. The summed E-state index contributed by atoms with van der Waals surface area (Å²) in [6.45, 7) is 2.03. The Morgan fingerprint density at radius 2 is 2.00 bits per heavy atom. The topological polar surface area (TPSA) is 72.2 Å². The van der Waals surface area contributed by atoms with Crippen molar-refractivity contribution in [1.82, 2.24) is 19.8 Å². The van der Waals surface area contributed by atoms with E-state index in [4.69, 9.17) is 0 Å². The summed E-state index contributed by atoms with van der Waals surface area (Å²) >= 11 is 2.68. The Balaban J connectivity index is 1.66. The molecule has 0 radical (unpaired) electrons. The maximum atomic E-state index is 12.1. The zero-order valence-corrected chi connectivity index (χ0v) is 13.7. The molecule has 0 spiro atoms. The van der Waals surface area contributed by atoms with Gasteiger partial charge >= 0.3 is 0 Å². The molecule has 0 bridgehead atoms. The Labute approximate surface area is 139 Å². The van der Waals surface area contributed by atoms with Crippen molar-refractivity contribution in [1.29, 1.82) is 0 Å². The van der Waals surface area contributed by atoms with Gasteiger partial charge in [0.25, 0.3) is 5.91 Å². The van der Waals surface area contributed by atoms with Crippen LogP contribution in [-0.4, -0.2) is 25.7 Å². The SMILES string of the molecule is Cc1ccc(-c2nnc3sc(NC(=O)c4cccs4)nn23)cc1. The van der Waals surface area contributed by atoms with Gasteiger partial charge in [-0.25, -0.2) is 0 Å². The number of amides is 1. The van der Waals surface area contributed by atoms with Crippen LogP contribution in [0.5, 0.6) is 0 Å². The van der Waals surface area contributed by atoms with Gasteiger partial charge in [-0.05, 0) is 18.4 Å². The van der Waals surface area contributed by atoms with Crippen LogP contribution in [-0.2, 0) is 0 Å². The number of benzene rings is 1. The van der Waals surface area contributed by atoms with Crippen LogP contribution in [0.25, 0.3) is 16.3 Å². The molecule has 1 amide bonds. The molecule has 3 aromatic heterocycles. The number of hydrogen-bond donors (Lipinski definition) is 1. The molecule has 0 aliphatic carbocycles. The monoisotopic (exact) mass is 341 g/mol. The number of carbonyl (C=O) groups is 1. The van der Waals surface area contributed by atoms with E-state index in [1.165, 1.54) is 28.2 Å². The number of nitrogens with zero attached hydrogens (tertiary/aromatic N) is 4. The molecule has 114 valence electrons. The van der Waals surface area contributed by atoms with Crippen LogP contribution in [0, 0.1) is 6.92 Å². The van der Waals surface area contributed by atoms with Crippen LogP contribution >= 0.6 is 22.7 Å². The number of hydrogen-bond acceptors (Lipinski definition) is 6. The van der Waals surface area contributed by atoms with Gasteiger partial charge in [-0.15, -0.1) is 26.6 Å². The van der Waals surface area contributed by atoms with E-state index in [1.807, 2.05) is 42.6 Å². The van der Waals surface area contributed by atoms with Crippen molar-refractivity contribution in [2.45, 2.75) is 6.92 Å². The number of aryl methyl sites for hydroxylation is 1. The van der Waals surface area contributed by atoms with E-state index in [0.29, 0.717) is 20.8 Å². The van der Waals surface area contributed by atoms with Gasteiger partial charge in [-0.2, -0.15) is 4.52 Å². The van der Waals surface area contributed by atoms with Crippen molar-refractivity contribution < 1.29 is 4.79 Å². The number of rotatable bonds is 3. The molecule has 0 unspecified atom stereocenters. The molecule has 1 aromatic carbocycles. The van der Waals surface area contributed by atoms with E-state index in [0.717, 1.165) is 5.56 Å². The minimum Gasteiger partial charge on any atom is -0.296 e. The third-order valence-electron chi connectivity index (χ3n) is 3.27. The first-order chi connectivity index (χ1) is 11.2. The van der Waals surface area contributed by atoms with Crippen molar-refractivity contribution in [3.05, 3.63) is 52.2 Å². The molecule has 0 aliphatic heterocycles. The second-order valence-corrected chi connectivity index (χ2v) is 6.83. The molecule has 0 atom stereocenters. The van der Waals surface area contributed by atoms with Crippen molar-refractivity contribution in [2.75, 3.05) is 5.32 Å². The number of thiophene rings is 1. The number of anilines is 1. The van der Waals surface area contributed by atoms with Crippen LogP contribution in [0.3, 0.4) is 0 Å². The maximum Gasteiger partial charge on any atom is 0.267 e. The molecular weight excluding hydrogens is 330 g/mol. The highest BCUT2D eigenvalue weighted by Crippen LogP contribution is 2.25. The molecule has 4 rings (SSSR count). The van der Waals surface area contributed by atoms with Gasteiger partial charge in [-0.3, -0.25) is 10.1 Å². The Kier molecular flexibility index (Phi) is 3.40. The Bertz CT molecular complexity index is 969.